The quantitative estimate of drug-likeness (QED) is 0.296. The number of para-hydroxylation sites is 2. The molecule has 174 valence electrons. The lowest BCUT2D eigenvalue weighted by atomic mass is 10.2. The molecule has 2 fully saturated rings. The van der Waals surface area contributed by atoms with E-state index in [4.69, 9.17) is 0 Å². The number of likely N-dealkylation sites (tertiary alicyclic amines) is 1. The second kappa shape index (κ2) is 12.9. The molecule has 0 spiro atoms. The molecule has 1 unspecified atom stereocenters. The Morgan fingerprint density at radius 2 is 2.00 bits per heavy atom. The Labute approximate surface area is 199 Å². The molecule has 2 saturated heterocycles. The molecule has 1 aromatic carbocycles. The number of nitrogens with zero attached hydrogens (tertiary/aromatic N) is 3. The van der Waals surface area contributed by atoms with Crippen molar-refractivity contribution in [3.05, 3.63) is 24.3 Å². The minimum absolute atomic E-state index is 0. The Morgan fingerprint density at radius 1 is 1.26 bits per heavy atom. The number of rotatable bonds is 8. The number of hydrogen-bond acceptors (Lipinski definition) is 4. The van der Waals surface area contributed by atoms with Crippen molar-refractivity contribution in [1.82, 2.24) is 15.5 Å². The zero-order chi connectivity index (χ0) is 21.3. The van der Waals surface area contributed by atoms with E-state index < -0.39 is 6.61 Å². The SMILES string of the molecule is CCNC(=NCCC(=O)N1CCCC1)NC1CCN(c2ccccc2OC(F)F)C1.I. The zero-order valence-corrected chi connectivity index (χ0v) is 20.2. The molecule has 2 aliphatic heterocycles. The molecule has 31 heavy (non-hydrogen) atoms. The van der Waals surface area contributed by atoms with Gasteiger partial charge in [-0.25, -0.2) is 0 Å². The zero-order valence-electron chi connectivity index (χ0n) is 17.9. The first-order valence-electron chi connectivity index (χ1n) is 10.7. The third-order valence-corrected chi connectivity index (χ3v) is 5.35. The van der Waals surface area contributed by atoms with Crippen LogP contribution in [0.15, 0.2) is 29.3 Å². The summed E-state index contributed by atoms with van der Waals surface area (Å²) in [5.74, 6) is 1.03. The maximum Gasteiger partial charge on any atom is 0.387 e. The number of ether oxygens (including phenoxy) is 1. The van der Waals surface area contributed by atoms with E-state index in [1.54, 1.807) is 18.2 Å². The molecule has 0 saturated carbocycles. The number of amides is 1. The highest BCUT2D eigenvalue weighted by Gasteiger charge is 2.26. The largest absolute Gasteiger partial charge is 0.433 e. The van der Waals surface area contributed by atoms with Crippen LogP contribution in [0.25, 0.3) is 0 Å². The number of carbonyl (C=O) groups is 1. The number of guanidine groups is 1. The van der Waals surface area contributed by atoms with Crippen molar-refractivity contribution in [1.29, 1.82) is 0 Å². The molecule has 7 nitrogen and oxygen atoms in total. The summed E-state index contributed by atoms with van der Waals surface area (Å²) in [6.45, 7) is 3.39. The summed E-state index contributed by atoms with van der Waals surface area (Å²) in [7, 11) is 0. The van der Waals surface area contributed by atoms with E-state index in [2.05, 4.69) is 20.4 Å². The van der Waals surface area contributed by atoms with Crippen LogP contribution in [0.1, 0.15) is 32.6 Å². The maximum absolute atomic E-state index is 12.7. The molecule has 1 aromatic rings. The Balaban J connectivity index is 0.00000341. The van der Waals surface area contributed by atoms with Crippen LogP contribution in [0.5, 0.6) is 5.75 Å². The van der Waals surface area contributed by atoms with Crippen molar-refractivity contribution in [2.75, 3.05) is 44.2 Å². The Bertz CT molecular complexity index is 731. The van der Waals surface area contributed by atoms with Gasteiger partial charge in [0.1, 0.15) is 5.75 Å². The van der Waals surface area contributed by atoms with Gasteiger partial charge in [0.2, 0.25) is 5.91 Å². The highest BCUT2D eigenvalue weighted by molar-refractivity contribution is 14.0. The van der Waals surface area contributed by atoms with E-state index >= 15 is 0 Å². The first-order chi connectivity index (χ1) is 14.6. The van der Waals surface area contributed by atoms with Crippen LogP contribution < -0.4 is 20.3 Å². The van der Waals surface area contributed by atoms with Crippen molar-refractivity contribution in [2.24, 2.45) is 4.99 Å². The molecule has 2 heterocycles. The van der Waals surface area contributed by atoms with Gasteiger partial charge in [-0.1, -0.05) is 12.1 Å². The van der Waals surface area contributed by atoms with Gasteiger partial charge in [-0.3, -0.25) is 9.79 Å². The van der Waals surface area contributed by atoms with Crippen molar-refractivity contribution < 1.29 is 18.3 Å². The molecule has 2 N–H and O–H groups in total. The number of carbonyl (C=O) groups excluding carboxylic acids is 1. The minimum Gasteiger partial charge on any atom is -0.433 e. The molecule has 0 radical (unpaired) electrons. The number of anilines is 1. The first kappa shape index (κ1) is 25.4. The van der Waals surface area contributed by atoms with Gasteiger partial charge in [0.05, 0.1) is 12.2 Å². The number of nitrogens with one attached hydrogen (secondary N) is 2. The molecule has 2 aliphatic rings. The highest BCUT2D eigenvalue weighted by atomic mass is 127. The van der Waals surface area contributed by atoms with Gasteiger partial charge < -0.3 is 25.2 Å². The third kappa shape index (κ3) is 7.65. The summed E-state index contributed by atoms with van der Waals surface area (Å²) in [5, 5.41) is 6.62. The van der Waals surface area contributed by atoms with Crippen LogP contribution in [0, 0.1) is 0 Å². The number of aliphatic imine (C=N–C) groups is 1. The molecule has 0 aliphatic carbocycles. The van der Waals surface area contributed by atoms with Gasteiger partial charge in [-0.15, -0.1) is 24.0 Å². The van der Waals surface area contributed by atoms with E-state index in [0.29, 0.717) is 37.7 Å². The summed E-state index contributed by atoms with van der Waals surface area (Å²) >= 11 is 0. The van der Waals surface area contributed by atoms with Gasteiger partial charge >= 0.3 is 6.61 Å². The van der Waals surface area contributed by atoms with Crippen molar-refractivity contribution in [2.45, 2.75) is 45.3 Å². The summed E-state index contributed by atoms with van der Waals surface area (Å²) in [5.41, 5.74) is 0.667. The Morgan fingerprint density at radius 3 is 2.71 bits per heavy atom. The summed E-state index contributed by atoms with van der Waals surface area (Å²) in [4.78, 5) is 20.7. The van der Waals surface area contributed by atoms with Gasteiger partial charge in [-0.2, -0.15) is 8.78 Å². The van der Waals surface area contributed by atoms with Crippen molar-refractivity contribution >= 4 is 41.5 Å². The van der Waals surface area contributed by atoms with Crippen LogP contribution in [0.4, 0.5) is 14.5 Å². The lowest BCUT2D eigenvalue weighted by Gasteiger charge is -2.22. The van der Waals surface area contributed by atoms with Crippen LogP contribution >= 0.6 is 24.0 Å². The molecule has 0 aromatic heterocycles. The summed E-state index contributed by atoms with van der Waals surface area (Å²) in [6.07, 6.45) is 3.43. The predicted octanol–water partition coefficient (Wildman–Crippen LogP) is 3.05. The number of halogens is 3. The smallest absolute Gasteiger partial charge is 0.387 e. The van der Waals surface area contributed by atoms with Crippen molar-refractivity contribution in [3.8, 4) is 5.75 Å². The first-order valence-corrected chi connectivity index (χ1v) is 10.7. The molecule has 1 atom stereocenters. The predicted molar refractivity (Wildman–Crippen MR) is 129 cm³/mol. The number of benzene rings is 1. The van der Waals surface area contributed by atoms with Gasteiger partial charge in [0, 0.05) is 45.2 Å². The number of hydrogen-bond donors (Lipinski definition) is 2. The molecule has 3 rings (SSSR count). The van der Waals surface area contributed by atoms with Gasteiger partial charge in [-0.05, 0) is 38.3 Å². The maximum atomic E-state index is 12.7. The van der Waals surface area contributed by atoms with Gasteiger partial charge in [0.25, 0.3) is 0 Å². The lowest BCUT2D eigenvalue weighted by molar-refractivity contribution is -0.129. The highest BCUT2D eigenvalue weighted by Crippen LogP contribution is 2.31. The van der Waals surface area contributed by atoms with Crippen LogP contribution in [0.3, 0.4) is 0 Å². The van der Waals surface area contributed by atoms with E-state index in [-0.39, 0.29) is 41.7 Å². The van der Waals surface area contributed by atoms with Crippen LogP contribution in [0.2, 0.25) is 0 Å². The van der Waals surface area contributed by atoms with Crippen molar-refractivity contribution in [3.63, 3.8) is 0 Å². The summed E-state index contributed by atoms with van der Waals surface area (Å²) < 4.78 is 30.0. The molecule has 0 bridgehead atoms. The third-order valence-electron chi connectivity index (χ3n) is 5.35. The topological polar surface area (TPSA) is 69.2 Å². The lowest BCUT2D eigenvalue weighted by Crippen LogP contribution is -2.44. The Hall–Kier alpha value is -1.85. The number of alkyl halides is 2. The van der Waals surface area contributed by atoms with Crippen LogP contribution in [-0.4, -0.2) is 68.7 Å². The normalized spacial score (nSPS) is 18.8. The standard InChI is InChI=1S/C21H31F2N5O2.HI/c1-2-24-21(25-11-9-19(29)27-12-5-6-13-27)26-16-10-14-28(15-16)17-7-3-4-8-18(17)30-20(22)23;/h3-4,7-8,16,20H,2,5-6,9-15H2,1H3,(H2,24,25,26);1H. The average molecular weight is 551 g/mol. The van der Waals surface area contributed by atoms with E-state index in [1.165, 1.54) is 0 Å². The fourth-order valence-electron chi connectivity index (χ4n) is 3.91. The molecular formula is C21H32F2IN5O2. The van der Waals surface area contributed by atoms with E-state index in [0.717, 1.165) is 38.9 Å². The second-order valence-corrected chi connectivity index (χ2v) is 7.52. The molecular weight excluding hydrogens is 519 g/mol. The van der Waals surface area contributed by atoms with E-state index in [1.807, 2.05) is 22.8 Å². The molecule has 1 amide bonds. The monoisotopic (exact) mass is 551 g/mol. The molecule has 10 heteroatoms. The van der Waals surface area contributed by atoms with Gasteiger partial charge in [0.15, 0.2) is 5.96 Å². The average Bonchev–Trinajstić information content (AvgIpc) is 3.40. The van der Waals surface area contributed by atoms with Crippen LogP contribution in [-0.2, 0) is 4.79 Å². The minimum atomic E-state index is -2.85. The second-order valence-electron chi connectivity index (χ2n) is 7.52. The fraction of sp³-hybridized carbons (Fsp3) is 0.619. The fourth-order valence-corrected chi connectivity index (χ4v) is 3.91. The summed E-state index contributed by atoms with van der Waals surface area (Å²) in [6, 6.07) is 6.98. The Kier molecular flexibility index (Phi) is 10.6. The van der Waals surface area contributed by atoms with E-state index in [9.17, 15) is 13.6 Å².